The van der Waals surface area contributed by atoms with Gasteiger partial charge in [0.25, 0.3) is 0 Å². The fourth-order valence-electron chi connectivity index (χ4n) is 2.71. The van der Waals surface area contributed by atoms with Crippen molar-refractivity contribution in [2.24, 2.45) is 5.92 Å². The van der Waals surface area contributed by atoms with E-state index in [9.17, 15) is 0 Å². The highest BCUT2D eigenvalue weighted by Gasteiger charge is 2.26. The first-order chi connectivity index (χ1) is 8.24. The minimum atomic E-state index is 0.600. The summed E-state index contributed by atoms with van der Waals surface area (Å²) in [5.41, 5.74) is 1.10. The van der Waals surface area contributed by atoms with Gasteiger partial charge in [0, 0.05) is 10.5 Å². The lowest BCUT2D eigenvalue weighted by Gasteiger charge is -2.22. The molecule has 1 N–H and O–H groups in total. The van der Waals surface area contributed by atoms with Gasteiger partial charge < -0.3 is 10.1 Å². The second kappa shape index (κ2) is 5.76. The first kappa shape index (κ1) is 12.7. The van der Waals surface area contributed by atoms with E-state index >= 15 is 0 Å². The summed E-state index contributed by atoms with van der Waals surface area (Å²) < 4.78 is 6.49. The fourth-order valence-corrected chi connectivity index (χ4v) is 3.07. The van der Waals surface area contributed by atoms with Gasteiger partial charge in [-0.2, -0.15) is 0 Å². The lowest BCUT2D eigenvalue weighted by Crippen LogP contribution is -2.23. The molecule has 0 aliphatic heterocycles. The van der Waals surface area contributed by atoms with Crippen molar-refractivity contribution in [3.63, 3.8) is 0 Å². The van der Waals surface area contributed by atoms with E-state index in [0.717, 1.165) is 21.8 Å². The van der Waals surface area contributed by atoms with E-state index in [1.807, 2.05) is 12.1 Å². The van der Waals surface area contributed by atoms with E-state index in [-0.39, 0.29) is 0 Å². The fraction of sp³-hybridized carbons (Fsp3) is 0.571. The van der Waals surface area contributed by atoms with Gasteiger partial charge in [-0.25, -0.2) is 0 Å². The van der Waals surface area contributed by atoms with Crippen molar-refractivity contribution < 1.29 is 4.74 Å². The number of benzene rings is 1. The zero-order valence-corrected chi connectivity index (χ0v) is 12.1. The monoisotopic (exact) mass is 297 g/mol. The number of hydrogen-bond acceptors (Lipinski definition) is 2. The summed E-state index contributed by atoms with van der Waals surface area (Å²) in [7, 11) is 1.72. The van der Waals surface area contributed by atoms with Crippen LogP contribution >= 0.6 is 15.9 Å². The van der Waals surface area contributed by atoms with E-state index < -0.39 is 0 Å². The molecule has 0 spiro atoms. The van der Waals surface area contributed by atoms with Crippen molar-refractivity contribution >= 4 is 21.6 Å². The maximum Gasteiger partial charge on any atom is 0.142 e. The molecule has 0 bridgehead atoms. The topological polar surface area (TPSA) is 21.3 Å². The molecular weight excluding hydrogens is 278 g/mol. The molecule has 2 rings (SSSR count). The predicted octanol–water partition coefficient (Wildman–Crippen LogP) is 4.45. The third-order valence-electron chi connectivity index (χ3n) is 3.69. The molecule has 0 aromatic heterocycles. The average molecular weight is 298 g/mol. The summed E-state index contributed by atoms with van der Waals surface area (Å²) in [6, 6.07) is 6.71. The molecule has 1 saturated carbocycles. The van der Waals surface area contributed by atoms with Crippen LogP contribution in [0.3, 0.4) is 0 Å². The molecule has 1 aromatic rings. The molecule has 0 heterocycles. The number of halogens is 1. The Morgan fingerprint density at radius 1 is 1.41 bits per heavy atom. The van der Waals surface area contributed by atoms with Gasteiger partial charge in [-0.05, 0) is 37.0 Å². The summed E-state index contributed by atoms with van der Waals surface area (Å²) in [6.45, 7) is 2.28. The molecule has 1 aromatic carbocycles. The van der Waals surface area contributed by atoms with Crippen LogP contribution in [0.15, 0.2) is 22.7 Å². The van der Waals surface area contributed by atoms with Crippen molar-refractivity contribution in [1.82, 2.24) is 0 Å². The Hall–Kier alpha value is -0.700. The van der Waals surface area contributed by atoms with Gasteiger partial charge in [0.1, 0.15) is 5.75 Å². The van der Waals surface area contributed by atoms with Crippen LogP contribution in [0.25, 0.3) is 0 Å². The summed E-state index contributed by atoms with van der Waals surface area (Å²) >= 11 is 3.51. The number of rotatable bonds is 4. The highest BCUT2D eigenvalue weighted by atomic mass is 79.9. The molecule has 2 atom stereocenters. The van der Waals surface area contributed by atoms with Crippen LogP contribution in [0.2, 0.25) is 0 Å². The average Bonchev–Trinajstić information content (AvgIpc) is 2.77. The molecular formula is C14H20BrNO. The van der Waals surface area contributed by atoms with Gasteiger partial charge in [-0.15, -0.1) is 0 Å². The number of nitrogens with one attached hydrogen (secondary N) is 1. The highest BCUT2D eigenvalue weighted by molar-refractivity contribution is 9.10. The van der Waals surface area contributed by atoms with Crippen LogP contribution in [0.4, 0.5) is 5.69 Å². The minimum Gasteiger partial charge on any atom is -0.495 e. The second-order valence-corrected chi connectivity index (χ2v) is 5.61. The number of anilines is 1. The van der Waals surface area contributed by atoms with Crippen molar-refractivity contribution in [3.8, 4) is 5.75 Å². The first-order valence-electron chi connectivity index (χ1n) is 6.34. The molecule has 94 valence electrons. The molecule has 0 saturated heterocycles. The van der Waals surface area contributed by atoms with Gasteiger partial charge in [0.15, 0.2) is 0 Å². The van der Waals surface area contributed by atoms with Gasteiger partial charge in [0.2, 0.25) is 0 Å². The summed E-state index contributed by atoms with van der Waals surface area (Å²) in [6.07, 6.45) is 5.22. The lowest BCUT2D eigenvalue weighted by molar-refractivity contribution is 0.414. The van der Waals surface area contributed by atoms with Gasteiger partial charge in [-0.1, -0.05) is 35.7 Å². The Labute approximate surface area is 112 Å². The third-order valence-corrected chi connectivity index (χ3v) is 4.18. The van der Waals surface area contributed by atoms with E-state index in [1.165, 1.54) is 25.7 Å². The molecule has 17 heavy (non-hydrogen) atoms. The Balaban J connectivity index is 2.14. The summed E-state index contributed by atoms with van der Waals surface area (Å²) in [5.74, 6) is 1.73. The SMILES string of the molecule is CCC1CCCC1Nc1cc(Br)ccc1OC. The van der Waals surface area contributed by atoms with Crippen molar-refractivity contribution in [2.75, 3.05) is 12.4 Å². The van der Waals surface area contributed by atoms with Crippen LogP contribution < -0.4 is 10.1 Å². The number of ether oxygens (including phenoxy) is 1. The Kier molecular flexibility index (Phi) is 4.32. The minimum absolute atomic E-state index is 0.600. The zero-order chi connectivity index (χ0) is 12.3. The highest BCUT2D eigenvalue weighted by Crippen LogP contribution is 2.34. The molecule has 2 unspecified atom stereocenters. The number of methoxy groups -OCH3 is 1. The molecule has 0 radical (unpaired) electrons. The first-order valence-corrected chi connectivity index (χ1v) is 7.14. The van der Waals surface area contributed by atoms with Crippen molar-refractivity contribution in [1.29, 1.82) is 0 Å². The molecule has 1 aliphatic rings. The maximum atomic E-state index is 5.40. The summed E-state index contributed by atoms with van der Waals surface area (Å²) in [4.78, 5) is 0. The summed E-state index contributed by atoms with van der Waals surface area (Å²) in [5, 5.41) is 3.65. The standard InChI is InChI=1S/C14H20BrNO/c1-3-10-5-4-6-12(10)16-13-9-11(15)7-8-14(13)17-2/h7-10,12,16H,3-6H2,1-2H3. The van der Waals surface area contributed by atoms with Gasteiger partial charge >= 0.3 is 0 Å². The second-order valence-electron chi connectivity index (χ2n) is 4.69. The van der Waals surface area contributed by atoms with Crippen molar-refractivity contribution in [2.45, 2.75) is 38.6 Å². The van der Waals surface area contributed by atoms with E-state index in [2.05, 4.69) is 34.2 Å². The van der Waals surface area contributed by atoms with Crippen LogP contribution in [0.1, 0.15) is 32.6 Å². The van der Waals surface area contributed by atoms with E-state index in [4.69, 9.17) is 4.74 Å². The van der Waals surface area contributed by atoms with Gasteiger partial charge in [0.05, 0.1) is 12.8 Å². The third kappa shape index (κ3) is 2.95. The molecule has 0 amide bonds. The molecule has 1 aliphatic carbocycles. The van der Waals surface area contributed by atoms with E-state index in [1.54, 1.807) is 7.11 Å². The Morgan fingerprint density at radius 2 is 2.24 bits per heavy atom. The van der Waals surface area contributed by atoms with Crippen LogP contribution in [-0.4, -0.2) is 13.2 Å². The van der Waals surface area contributed by atoms with Gasteiger partial charge in [-0.3, -0.25) is 0 Å². The lowest BCUT2D eigenvalue weighted by atomic mass is 10.0. The Bertz CT molecular complexity index is 380. The largest absolute Gasteiger partial charge is 0.495 e. The molecule has 2 nitrogen and oxygen atoms in total. The smallest absolute Gasteiger partial charge is 0.142 e. The zero-order valence-electron chi connectivity index (χ0n) is 10.5. The molecule has 1 fully saturated rings. The van der Waals surface area contributed by atoms with Crippen molar-refractivity contribution in [3.05, 3.63) is 22.7 Å². The maximum absolute atomic E-state index is 5.40. The van der Waals surface area contributed by atoms with Crippen LogP contribution in [0.5, 0.6) is 5.75 Å². The number of hydrogen-bond donors (Lipinski definition) is 1. The normalized spacial score (nSPS) is 23.7. The molecule has 3 heteroatoms. The van der Waals surface area contributed by atoms with Crippen LogP contribution in [-0.2, 0) is 0 Å². The van der Waals surface area contributed by atoms with E-state index in [0.29, 0.717) is 6.04 Å². The van der Waals surface area contributed by atoms with Crippen LogP contribution in [0, 0.1) is 5.92 Å². The Morgan fingerprint density at radius 3 is 2.94 bits per heavy atom. The predicted molar refractivity (Wildman–Crippen MR) is 75.7 cm³/mol. The quantitative estimate of drug-likeness (QED) is 0.886.